The van der Waals surface area contributed by atoms with Crippen LogP contribution in [0.25, 0.3) is 0 Å². The number of hydrogen-bond donors (Lipinski definition) is 0. The standard InChI is InChI=1S/C7H7Br.C7H12O/c8-6-7-4-2-1-3-5-7;1-7(2,3)4-6-5-8-6/h1-5H,6H2;4H,5H2,1-3H3. The van der Waals surface area contributed by atoms with Crippen LogP contribution in [0.5, 0.6) is 0 Å². The summed E-state index contributed by atoms with van der Waals surface area (Å²) in [7, 11) is 0. The van der Waals surface area contributed by atoms with Crippen LogP contribution in [0.4, 0.5) is 0 Å². The molecule has 16 heavy (non-hydrogen) atoms. The van der Waals surface area contributed by atoms with Gasteiger partial charge in [-0.05, 0) is 17.1 Å². The van der Waals surface area contributed by atoms with Crippen molar-refractivity contribution in [3.05, 3.63) is 47.7 Å². The molecule has 0 saturated carbocycles. The lowest BCUT2D eigenvalue weighted by atomic mass is 9.96. The number of hydrogen-bond acceptors (Lipinski definition) is 1. The lowest BCUT2D eigenvalue weighted by Gasteiger charge is -2.08. The van der Waals surface area contributed by atoms with Crippen LogP contribution < -0.4 is 0 Å². The molecule has 1 aliphatic rings. The number of epoxide rings is 1. The van der Waals surface area contributed by atoms with Crippen molar-refractivity contribution >= 4 is 15.9 Å². The lowest BCUT2D eigenvalue weighted by molar-refractivity contribution is 0.488. The zero-order chi connectivity index (χ0) is 12.0. The van der Waals surface area contributed by atoms with E-state index in [1.807, 2.05) is 18.2 Å². The van der Waals surface area contributed by atoms with Crippen molar-refractivity contribution in [2.45, 2.75) is 26.1 Å². The minimum absolute atomic E-state index is 0.297. The summed E-state index contributed by atoms with van der Waals surface area (Å²) in [5.41, 5.74) is 1.62. The SMILES string of the molecule is BrCc1ccccc1.CC(C)(C)C=C1CO1. The second-order valence-electron chi connectivity index (χ2n) is 4.88. The summed E-state index contributed by atoms with van der Waals surface area (Å²) in [6, 6.07) is 10.3. The Hall–Kier alpha value is -0.760. The normalized spacial score (nSPS) is 16.1. The molecule has 0 unspecified atom stereocenters. The first-order valence-corrected chi connectivity index (χ1v) is 6.58. The molecule has 0 aromatic heterocycles. The molecule has 0 aliphatic carbocycles. The summed E-state index contributed by atoms with van der Waals surface area (Å²) in [5, 5.41) is 0.952. The first-order chi connectivity index (χ1) is 7.51. The Kier molecular flexibility index (Phi) is 5.07. The fourth-order valence-electron chi connectivity index (χ4n) is 1.18. The maximum Gasteiger partial charge on any atom is 0.145 e. The van der Waals surface area contributed by atoms with Crippen LogP contribution in [0.3, 0.4) is 0 Å². The van der Waals surface area contributed by atoms with Crippen molar-refractivity contribution in [2.24, 2.45) is 5.41 Å². The third kappa shape index (κ3) is 6.67. The van der Waals surface area contributed by atoms with Gasteiger partial charge in [-0.1, -0.05) is 67.0 Å². The molecular formula is C14H19BrO. The van der Waals surface area contributed by atoms with E-state index in [1.54, 1.807) is 0 Å². The Balaban J connectivity index is 0.000000160. The van der Waals surface area contributed by atoms with Crippen molar-refractivity contribution < 1.29 is 4.74 Å². The number of rotatable bonds is 1. The molecule has 0 bridgehead atoms. The van der Waals surface area contributed by atoms with Crippen LogP contribution in [-0.4, -0.2) is 6.61 Å². The minimum Gasteiger partial charge on any atom is -0.487 e. The average molecular weight is 283 g/mol. The topological polar surface area (TPSA) is 12.5 Å². The summed E-state index contributed by atoms with van der Waals surface area (Å²) in [5.74, 6) is 1.15. The van der Waals surface area contributed by atoms with E-state index in [4.69, 9.17) is 4.74 Å². The Morgan fingerprint density at radius 3 is 2.06 bits per heavy atom. The van der Waals surface area contributed by atoms with Crippen molar-refractivity contribution in [3.63, 3.8) is 0 Å². The van der Waals surface area contributed by atoms with Gasteiger partial charge in [0, 0.05) is 5.33 Å². The molecule has 1 heterocycles. The fraction of sp³-hybridized carbons (Fsp3) is 0.429. The number of alkyl halides is 1. The highest BCUT2D eigenvalue weighted by molar-refractivity contribution is 9.08. The number of allylic oxidation sites excluding steroid dienone is 1. The molecule has 88 valence electrons. The Morgan fingerprint density at radius 1 is 1.25 bits per heavy atom. The van der Waals surface area contributed by atoms with Crippen LogP contribution in [0.15, 0.2) is 42.2 Å². The molecule has 2 heteroatoms. The first kappa shape index (κ1) is 13.3. The van der Waals surface area contributed by atoms with E-state index in [0.717, 1.165) is 17.7 Å². The molecule has 0 amide bonds. The zero-order valence-corrected chi connectivity index (χ0v) is 11.8. The van der Waals surface area contributed by atoms with Crippen LogP contribution in [0, 0.1) is 5.41 Å². The van der Waals surface area contributed by atoms with Gasteiger partial charge in [-0.2, -0.15) is 0 Å². The molecule has 0 atom stereocenters. The van der Waals surface area contributed by atoms with Gasteiger partial charge in [-0.15, -0.1) is 0 Å². The predicted octanol–water partition coefficient (Wildman–Crippen LogP) is 4.53. The first-order valence-electron chi connectivity index (χ1n) is 5.46. The highest BCUT2D eigenvalue weighted by Gasteiger charge is 2.17. The molecular weight excluding hydrogens is 264 g/mol. The molecule has 1 saturated heterocycles. The highest BCUT2D eigenvalue weighted by Crippen LogP contribution is 2.24. The van der Waals surface area contributed by atoms with Crippen molar-refractivity contribution in [2.75, 3.05) is 6.61 Å². The van der Waals surface area contributed by atoms with E-state index in [1.165, 1.54) is 5.56 Å². The molecule has 0 spiro atoms. The summed E-state index contributed by atoms with van der Waals surface area (Å²) < 4.78 is 4.95. The van der Waals surface area contributed by atoms with Gasteiger partial charge >= 0.3 is 0 Å². The van der Waals surface area contributed by atoms with Gasteiger partial charge in [-0.3, -0.25) is 0 Å². The van der Waals surface area contributed by atoms with Crippen LogP contribution in [0.1, 0.15) is 26.3 Å². The van der Waals surface area contributed by atoms with E-state index < -0.39 is 0 Å². The molecule has 1 aromatic carbocycles. The second-order valence-corrected chi connectivity index (χ2v) is 5.45. The second kappa shape index (κ2) is 6.09. The zero-order valence-electron chi connectivity index (χ0n) is 10.2. The molecule has 1 aromatic rings. The van der Waals surface area contributed by atoms with Crippen molar-refractivity contribution in [1.82, 2.24) is 0 Å². The third-order valence-electron chi connectivity index (χ3n) is 1.90. The minimum atomic E-state index is 0.297. The van der Waals surface area contributed by atoms with Crippen LogP contribution >= 0.6 is 15.9 Å². The van der Waals surface area contributed by atoms with Gasteiger partial charge in [-0.25, -0.2) is 0 Å². The maximum atomic E-state index is 4.95. The lowest BCUT2D eigenvalue weighted by Crippen LogP contribution is -1.97. The molecule has 1 aliphatic heterocycles. The maximum absolute atomic E-state index is 4.95. The van der Waals surface area contributed by atoms with E-state index in [9.17, 15) is 0 Å². The van der Waals surface area contributed by atoms with E-state index in [-0.39, 0.29) is 0 Å². The van der Waals surface area contributed by atoms with Gasteiger partial charge in [0.1, 0.15) is 12.4 Å². The quantitative estimate of drug-likeness (QED) is 0.545. The monoisotopic (exact) mass is 282 g/mol. The molecule has 0 N–H and O–H groups in total. The van der Waals surface area contributed by atoms with Gasteiger partial charge in [0.2, 0.25) is 0 Å². The van der Waals surface area contributed by atoms with Gasteiger partial charge < -0.3 is 4.74 Å². The number of benzene rings is 1. The molecule has 2 rings (SSSR count). The molecule has 1 nitrogen and oxygen atoms in total. The van der Waals surface area contributed by atoms with Crippen molar-refractivity contribution in [3.8, 4) is 0 Å². The average Bonchev–Trinajstić information content (AvgIpc) is 3.01. The van der Waals surface area contributed by atoms with E-state index in [0.29, 0.717) is 5.41 Å². The van der Waals surface area contributed by atoms with Gasteiger partial charge in [0.25, 0.3) is 0 Å². The number of ether oxygens (including phenoxy) is 1. The van der Waals surface area contributed by atoms with Gasteiger partial charge in [0.05, 0.1) is 0 Å². The summed E-state index contributed by atoms with van der Waals surface area (Å²) >= 11 is 3.36. The third-order valence-corrected chi connectivity index (χ3v) is 2.55. The number of halogens is 1. The molecule has 0 radical (unpaired) electrons. The smallest absolute Gasteiger partial charge is 0.145 e. The predicted molar refractivity (Wildman–Crippen MR) is 72.6 cm³/mol. The largest absolute Gasteiger partial charge is 0.487 e. The van der Waals surface area contributed by atoms with Crippen LogP contribution in [-0.2, 0) is 10.1 Å². The highest BCUT2D eigenvalue weighted by atomic mass is 79.9. The Labute approximate surface area is 107 Å². The summed E-state index contributed by atoms with van der Waals surface area (Å²) in [6.07, 6.45) is 2.16. The van der Waals surface area contributed by atoms with Gasteiger partial charge in [0.15, 0.2) is 0 Å². The van der Waals surface area contributed by atoms with Crippen LogP contribution in [0.2, 0.25) is 0 Å². The fourth-order valence-corrected chi connectivity index (χ4v) is 1.55. The Bertz CT molecular complexity index is 330. The molecule has 1 fully saturated rings. The summed E-state index contributed by atoms with van der Waals surface area (Å²) in [6.45, 7) is 7.36. The van der Waals surface area contributed by atoms with E-state index >= 15 is 0 Å². The van der Waals surface area contributed by atoms with E-state index in [2.05, 4.69) is 54.9 Å². The van der Waals surface area contributed by atoms with Crippen molar-refractivity contribution in [1.29, 1.82) is 0 Å². The Morgan fingerprint density at radius 2 is 1.81 bits per heavy atom. The summed E-state index contributed by atoms with van der Waals surface area (Å²) in [4.78, 5) is 0.